The summed E-state index contributed by atoms with van der Waals surface area (Å²) in [6, 6.07) is 5.60. The SMILES string of the molecule is Cc1nc2ccccn2c1CC(=O)O. The Morgan fingerprint density at radius 1 is 1.57 bits per heavy atom. The molecule has 0 amide bonds. The van der Waals surface area contributed by atoms with Gasteiger partial charge in [-0.1, -0.05) is 6.07 Å². The van der Waals surface area contributed by atoms with Crippen molar-refractivity contribution in [3.63, 3.8) is 0 Å². The fraction of sp³-hybridized carbons (Fsp3) is 0.200. The molecule has 0 aliphatic carbocycles. The first-order chi connectivity index (χ1) is 6.68. The molecule has 0 saturated carbocycles. The Balaban J connectivity index is 2.62. The van der Waals surface area contributed by atoms with Gasteiger partial charge in [0.1, 0.15) is 5.65 Å². The predicted octanol–water partition coefficient (Wildman–Crippen LogP) is 1.27. The molecule has 2 rings (SSSR count). The highest BCUT2D eigenvalue weighted by Crippen LogP contribution is 2.11. The third-order valence-electron chi connectivity index (χ3n) is 2.15. The average Bonchev–Trinajstić information content (AvgIpc) is 2.43. The molecule has 2 heterocycles. The second-order valence-electron chi connectivity index (χ2n) is 3.14. The topological polar surface area (TPSA) is 54.6 Å². The Hall–Kier alpha value is -1.84. The Morgan fingerprint density at radius 2 is 2.36 bits per heavy atom. The van der Waals surface area contributed by atoms with Gasteiger partial charge in [0, 0.05) is 6.20 Å². The van der Waals surface area contributed by atoms with Crippen molar-refractivity contribution in [2.24, 2.45) is 0 Å². The number of rotatable bonds is 2. The molecule has 0 fully saturated rings. The van der Waals surface area contributed by atoms with E-state index in [-0.39, 0.29) is 6.42 Å². The Morgan fingerprint density at radius 3 is 3.07 bits per heavy atom. The van der Waals surface area contributed by atoms with Gasteiger partial charge in [-0.25, -0.2) is 4.98 Å². The lowest BCUT2D eigenvalue weighted by Gasteiger charge is -1.98. The molecule has 0 aliphatic rings. The van der Waals surface area contributed by atoms with E-state index in [1.807, 2.05) is 35.7 Å². The molecule has 4 heteroatoms. The number of pyridine rings is 1. The number of carboxylic acids is 1. The normalized spacial score (nSPS) is 10.6. The van der Waals surface area contributed by atoms with Crippen molar-refractivity contribution in [2.75, 3.05) is 0 Å². The molecule has 1 N–H and O–H groups in total. The summed E-state index contributed by atoms with van der Waals surface area (Å²) in [4.78, 5) is 14.9. The number of hydrogen-bond donors (Lipinski definition) is 1. The third kappa shape index (κ3) is 1.35. The largest absolute Gasteiger partial charge is 0.481 e. The second kappa shape index (κ2) is 3.14. The summed E-state index contributed by atoms with van der Waals surface area (Å²) in [7, 11) is 0. The molecule has 0 bridgehead atoms. The smallest absolute Gasteiger partial charge is 0.309 e. The van der Waals surface area contributed by atoms with Crippen LogP contribution in [0, 0.1) is 6.92 Å². The van der Waals surface area contributed by atoms with Gasteiger partial charge >= 0.3 is 5.97 Å². The van der Waals surface area contributed by atoms with Crippen LogP contribution in [0.3, 0.4) is 0 Å². The first-order valence-electron chi connectivity index (χ1n) is 4.33. The summed E-state index contributed by atoms with van der Waals surface area (Å²) < 4.78 is 1.81. The van der Waals surface area contributed by atoms with E-state index in [2.05, 4.69) is 4.98 Å². The third-order valence-corrected chi connectivity index (χ3v) is 2.15. The summed E-state index contributed by atoms with van der Waals surface area (Å²) in [5.74, 6) is -0.834. The van der Waals surface area contributed by atoms with Crippen molar-refractivity contribution in [1.82, 2.24) is 9.38 Å². The summed E-state index contributed by atoms with van der Waals surface area (Å²) in [5.41, 5.74) is 2.31. The van der Waals surface area contributed by atoms with Crippen molar-refractivity contribution in [3.8, 4) is 0 Å². The fourth-order valence-electron chi connectivity index (χ4n) is 1.52. The van der Waals surface area contributed by atoms with Crippen molar-refractivity contribution in [2.45, 2.75) is 13.3 Å². The summed E-state index contributed by atoms with van der Waals surface area (Å²) in [6.07, 6.45) is 1.84. The molecule has 0 radical (unpaired) electrons. The standard InChI is InChI=1S/C10H10N2O2/c1-7-8(6-10(13)14)12-5-3-2-4-9(12)11-7/h2-5H,6H2,1H3,(H,13,14). The average molecular weight is 190 g/mol. The highest BCUT2D eigenvalue weighted by molar-refractivity contribution is 5.70. The lowest BCUT2D eigenvalue weighted by Crippen LogP contribution is -2.04. The van der Waals surface area contributed by atoms with E-state index >= 15 is 0 Å². The lowest BCUT2D eigenvalue weighted by molar-refractivity contribution is -0.136. The van der Waals surface area contributed by atoms with Crippen LogP contribution >= 0.6 is 0 Å². The number of fused-ring (bicyclic) bond motifs is 1. The molecular formula is C10H10N2O2. The van der Waals surface area contributed by atoms with E-state index in [1.165, 1.54) is 0 Å². The van der Waals surface area contributed by atoms with E-state index < -0.39 is 5.97 Å². The minimum Gasteiger partial charge on any atom is -0.481 e. The maximum absolute atomic E-state index is 10.6. The van der Waals surface area contributed by atoms with Crippen molar-refractivity contribution < 1.29 is 9.90 Å². The second-order valence-corrected chi connectivity index (χ2v) is 3.14. The summed E-state index contributed by atoms with van der Waals surface area (Å²) in [5, 5.41) is 8.73. The lowest BCUT2D eigenvalue weighted by atomic mass is 10.2. The van der Waals surface area contributed by atoms with Crippen LogP contribution in [0.1, 0.15) is 11.4 Å². The monoisotopic (exact) mass is 190 g/mol. The first kappa shape index (κ1) is 8.74. The van der Waals surface area contributed by atoms with Crippen LogP contribution in [0.25, 0.3) is 5.65 Å². The van der Waals surface area contributed by atoms with E-state index in [1.54, 1.807) is 0 Å². The van der Waals surface area contributed by atoms with Crippen molar-refractivity contribution in [1.29, 1.82) is 0 Å². The number of aliphatic carboxylic acids is 1. The van der Waals surface area contributed by atoms with Crippen molar-refractivity contribution >= 4 is 11.6 Å². The molecule has 2 aromatic rings. The number of carbonyl (C=O) groups is 1. The van der Waals surface area contributed by atoms with Crippen molar-refractivity contribution in [3.05, 3.63) is 35.8 Å². The zero-order valence-corrected chi connectivity index (χ0v) is 7.77. The molecule has 4 nitrogen and oxygen atoms in total. The van der Waals surface area contributed by atoms with Crippen LogP contribution in [0.4, 0.5) is 0 Å². The van der Waals surface area contributed by atoms with Gasteiger partial charge in [-0.15, -0.1) is 0 Å². The van der Waals surface area contributed by atoms with Gasteiger partial charge in [-0.05, 0) is 19.1 Å². The van der Waals surface area contributed by atoms with E-state index in [0.29, 0.717) is 0 Å². The quantitative estimate of drug-likeness (QED) is 0.775. The van der Waals surface area contributed by atoms with E-state index in [4.69, 9.17) is 5.11 Å². The first-order valence-corrected chi connectivity index (χ1v) is 4.33. The molecule has 0 atom stereocenters. The molecule has 0 spiro atoms. The highest BCUT2D eigenvalue weighted by Gasteiger charge is 2.10. The van der Waals surface area contributed by atoms with Gasteiger partial charge in [0.05, 0.1) is 17.8 Å². The van der Waals surface area contributed by atoms with Gasteiger partial charge in [0.2, 0.25) is 0 Å². The van der Waals surface area contributed by atoms with Crippen LogP contribution in [0.15, 0.2) is 24.4 Å². The fourth-order valence-corrected chi connectivity index (χ4v) is 1.52. The zero-order chi connectivity index (χ0) is 10.1. The number of aromatic nitrogens is 2. The maximum Gasteiger partial charge on any atom is 0.309 e. The Bertz CT molecular complexity index is 488. The number of imidazole rings is 1. The zero-order valence-electron chi connectivity index (χ0n) is 7.77. The molecule has 72 valence electrons. The Labute approximate surface area is 80.8 Å². The molecular weight excluding hydrogens is 180 g/mol. The maximum atomic E-state index is 10.6. The van der Waals surface area contributed by atoms with Crippen LogP contribution < -0.4 is 0 Å². The van der Waals surface area contributed by atoms with Crippen LogP contribution in [0.2, 0.25) is 0 Å². The summed E-state index contributed by atoms with van der Waals surface area (Å²) >= 11 is 0. The van der Waals surface area contributed by atoms with Gasteiger partial charge in [0.25, 0.3) is 0 Å². The van der Waals surface area contributed by atoms with Crippen LogP contribution in [-0.2, 0) is 11.2 Å². The highest BCUT2D eigenvalue weighted by atomic mass is 16.4. The number of nitrogens with zero attached hydrogens (tertiary/aromatic N) is 2. The van der Waals surface area contributed by atoms with E-state index in [0.717, 1.165) is 17.0 Å². The van der Waals surface area contributed by atoms with Gasteiger partial charge in [0.15, 0.2) is 0 Å². The molecule has 0 aliphatic heterocycles. The minimum atomic E-state index is -0.834. The Kier molecular flexibility index (Phi) is 1.96. The molecule has 14 heavy (non-hydrogen) atoms. The van der Waals surface area contributed by atoms with Gasteiger partial charge < -0.3 is 9.51 Å². The molecule has 0 unspecified atom stereocenters. The van der Waals surface area contributed by atoms with E-state index in [9.17, 15) is 4.79 Å². The summed E-state index contributed by atoms with van der Waals surface area (Å²) in [6.45, 7) is 1.82. The minimum absolute atomic E-state index is 0.0109. The van der Waals surface area contributed by atoms with Crippen LogP contribution in [-0.4, -0.2) is 20.5 Å². The number of aryl methyl sites for hydroxylation is 1. The van der Waals surface area contributed by atoms with Crippen LogP contribution in [0.5, 0.6) is 0 Å². The number of hydrogen-bond acceptors (Lipinski definition) is 2. The van der Waals surface area contributed by atoms with Gasteiger partial charge in [-0.3, -0.25) is 4.79 Å². The predicted molar refractivity (Wildman–Crippen MR) is 51.3 cm³/mol. The molecule has 0 saturated heterocycles. The van der Waals surface area contributed by atoms with Gasteiger partial charge in [-0.2, -0.15) is 0 Å². The number of carboxylic acid groups (broad SMARTS) is 1. The molecule has 0 aromatic carbocycles. The molecule has 2 aromatic heterocycles.